The summed E-state index contributed by atoms with van der Waals surface area (Å²) >= 11 is 0. The molecule has 1 aromatic heterocycles. The fourth-order valence-corrected chi connectivity index (χ4v) is 3.60. The molecule has 1 aliphatic rings. The second-order valence-electron chi connectivity index (χ2n) is 7.15. The summed E-state index contributed by atoms with van der Waals surface area (Å²) in [5.74, 6) is 1.89. The van der Waals surface area contributed by atoms with Gasteiger partial charge in [-0.2, -0.15) is 0 Å². The molecule has 0 radical (unpaired) electrons. The van der Waals surface area contributed by atoms with Gasteiger partial charge in [0.25, 0.3) is 5.91 Å². The smallest absolute Gasteiger partial charge is 0.256 e. The second-order valence-corrected chi connectivity index (χ2v) is 7.15. The Morgan fingerprint density at radius 1 is 1.06 bits per heavy atom. The van der Waals surface area contributed by atoms with E-state index in [0.717, 1.165) is 39.6 Å². The molecule has 0 aliphatic carbocycles. The summed E-state index contributed by atoms with van der Waals surface area (Å²) in [6.07, 6.45) is 3.57. The van der Waals surface area contributed by atoms with Crippen LogP contribution in [0.1, 0.15) is 23.7 Å². The van der Waals surface area contributed by atoms with Crippen LogP contribution in [0.3, 0.4) is 0 Å². The number of carbonyl (C=O) groups excluding carboxylic acids is 1. The van der Waals surface area contributed by atoms with E-state index in [4.69, 9.17) is 14.5 Å². The molecule has 3 aromatic rings. The van der Waals surface area contributed by atoms with Gasteiger partial charge in [0.1, 0.15) is 17.3 Å². The van der Waals surface area contributed by atoms with E-state index in [1.165, 1.54) is 0 Å². The van der Waals surface area contributed by atoms with Crippen LogP contribution in [-0.2, 0) is 4.79 Å². The molecule has 158 valence electrons. The largest absolute Gasteiger partial charge is 0.495 e. The van der Waals surface area contributed by atoms with Crippen LogP contribution in [0, 0.1) is 6.92 Å². The normalized spacial score (nSPS) is 14.4. The molecule has 4 rings (SSSR count). The Bertz CT molecular complexity index is 1210. The quantitative estimate of drug-likeness (QED) is 0.310. The molecule has 0 spiro atoms. The summed E-state index contributed by atoms with van der Waals surface area (Å²) < 4.78 is 10.8. The number of amides is 1. The summed E-state index contributed by atoms with van der Waals surface area (Å²) in [7, 11) is 3.23. The third-order valence-corrected chi connectivity index (χ3v) is 5.09. The number of carbonyl (C=O) groups is 1. The minimum Gasteiger partial charge on any atom is -0.495 e. The number of anilines is 2. The van der Waals surface area contributed by atoms with Gasteiger partial charge >= 0.3 is 0 Å². The van der Waals surface area contributed by atoms with Gasteiger partial charge in [0.05, 0.1) is 42.5 Å². The molecule has 0 atom stereocenters. The third-order valence-electron chi connectivity index (χ3n) is 5.09. The molecule has 31 heavy (non-hydrogen) atoms. The first-order valence-corrected chi connectivity index (χ1v) is 9.85. The second kappa shape index (κ2) is 8.39. The number of aliphatic imine (C=N–C) groups is 1. The van der Waals surface area contributed by atoms with Gasteiger partial charge in [-0.05, 0) is 49.8 Å². The number of aryl methyl sites for hydroxylation is 1. The van der Waals surface area contributed by atoms with Crippen LogP contribution in [-0.4, -0.2) is 30.9 Å². The van der Waals surface area contributed by atoms with Crippen molar-refractivity contribution in [1.29, 1.82) is 0 Å². The zero-order valence-electron chi connectivity index (χ0n) is 17.9. The van der Waals surface area contributed by atoms with Crippen molar-refractivity contribution in [1.82, 2.24) is 4.98 Å². The van der Waals surface area contributed by atoms with Crippen molar-refractivity contribution in [3.63, 3.8) is 0 Å². The van der Waals surface area contributed by atoms with Gasteiger partial charge in [0.2, 0.25) is 0 Å². The first-order chi connectivity index (χ1) is 15.0. The lowest BCUT2D eigenvalue weighted by molar-refractivity contribution is -0.110. The SMILES string of the molecule is COc1ccccc1NC(C)=Nc1c(C)ccc2c1/C(=C/c1[nH]ccc1OC)C(=O)N2. The molecular weight excluding hydrogens is 392 g/mol. The van der Waals surface area contributed by atoms with Crippen molar-refractivity contribution >= 4 is 40.5 Å². The molecule has 2 heterocycles. The van der Waals surface area contributed by atoms with Gasteiger partial charge in [-0.1, -0.05) is 18.2 Å². The van der Waals surface area contributed by atoms with Gasteiger partial charge in [-0.25, -0.2) is 4.99 Å². The van der Waals surface area contributed by atoms with Crippen molar-refractivity contribution < 1.29 is 14.3 Å². The van der Waals surface area contributed by atoms with Crippen molar-refractivity contribution in [2.75, 3.05) is 24.9 Å². The lowest BCUT2D eigenvalue weighted by atomic mass is 10.0. The molecule has 1 amide bonds. The number of hydrogen-bond donors (Lipinski definition) is 3. The Balaban J connectivity index is 1.78. The van der Waals surface area contributed by atoms with E-state index >= 15 is 0 Å². The van der Waals surface area contributed by atoms with Gasteiger partial charge < -0.3 is 25.1 Å². The molecular formula is C24H24N4O3. The highest BCUT2D eigenvalue weighted by Gasteiger charge is 2.28. The summed E-state index contributed by atoms with van der Waals surface area (Å²) in [6, 6.07) is 13.3. The fraction of sp³-hybridized carbons (Fsp3) is 0.167. The van der Waals surface area contributed by atoms with Gasteiger partial charge in [-0.3, -0.25) is 4.79 Å². The van der Waals surface area contributed by atoms with E-state index in [1.54, 1.807) is 26.5 Å². The number of methoxy groups -OCH3 is 2. The molecule has 2 aromatic carbocycles. The van der Waals surface area contributed by atoms with Crippen LogP contribution in [0.15, 0.2) is 53.7 Å². The number of nitrogens with zero attached hydrogens (tertiary/aromatic N) is 1. The molecule has 0 bridgehead atoms. The Morgan fingerprint density at radius 3 is 2.61 bits per heavy atom. The fourth-order valence-electron chi connectivity index (χ4n) is 3.60. The lowest BCUT2D eigenvalue weighted by Gasteiger charge is -2.13. The number of aromatic nitrogens is 1. The molecule has 0 saturated heterocycles. The van der Waals surface area contributed by atoms with Gasteiger partial charge in [0, 0.05) is 11.8 Å². The van der Waals surface area contributed by atoms with Crippen molar-refractivity contribution in [2.45, 2.75) is 13.8 Å². The van der Waals surface area contributed by atoms with E-state index in [2.05, 4.69) is 15.6 Å². The summed E-state index contributed by atoms with van der Waals surface area (Å²) in [6.45, 7) is 3.86. The third kappa shape index (κ3) is 3.90. The van der Waals surface area contributed by atoms with E-state index in [9.17, 15) is 4.79 Å². The van der Waals surface area contributed by atoms with E-state index in [1.807, 2.05) is 56.3 Å². The molecule has 7 nitrogen and oxygen atoms in total. The molecule has 0 fully saturated rings. The number of ether oxygens (including phenoxy) is 2. The van der Waals surface area contributed by atoms with E-state index < -0.39 is 0 Å². The number of nitrogens with one attached hydrogen (secondary N) is 3. The van der Waals surface area contributed by atoms with Crippen LogP contribution >= 0.6 is 0 Å². The monoisotopic (exact) mass is 416 g/mol. The molecule has 0 unspecified atom stereocenters. The van der Waals surface area contributed by atoms with Crippen molar-refractivity contribution in [3.05, 3.63) is 65.5 Å². The average Bonchev–Trinajstić information content (AvgIpc) is 3.35. The maximum atomic E-state index is 12.8. The summed E-state index contributed by atoms with van der Waals surface area (Å²) in [5, 5.41) is 6.23. The van der Waals surface area contributed by atoms with Crippen LogP contribution < -0.4 is 20.1 Å². The van der Waals surface area contributed by atoms with Gasteiger partial charge in [-0.15, -0.1) is 0 Å². The lowest BCUT2D eigenvalue weighted by Crippen LogP contribution is -2.08. The minimum absolute atomic E-state index is 0.177. The van der Waals surface area contributed by atoms with Gasteiger partial charge in [0.15, 0.2) is 0 Å². The predicted molar refractivity (Wildman–Crippen MR) is 124 cm³/mol. The maximum absolute atomic E-state index is 12.8. The number of amidine groups is 1. The maximum Gasteiger partial charge on any atom is 0.256 e. The van der Waals surface area contributed by atoms with Crippen LogP contribution in [0.5, 0.6) is 11.5 Å². The Kier molecular flexibility index (Phi) is 5.49. The zero-order chi connectivity index (χ0) is 22.0. The highest BCUT2D eigenvalue weighted by atomic mass is 16.5. The molecule has 1 aliphatic heterocycles. The number of fused-ring (bicyclic) bond motifs is 1. The van der Waals surface area contributed by atoms with E-state index in [0.29, 0.717) is 17.2 Å². The van der Waals surface area contributed by atoms with Crippen molar-refractivity contribution in [3.8, 4) is 11.5 Å². The first kappa shape index (κ1) is 20.3. The molecule has 7 heteroatoms. The average molecular weight is 416 g/mol. The molecule has 3 N–H and O–H groups in total. The number of rotatable bonds is 5. The first-order valence-electron chi connectivity index (χ1n) is 9.85. The number of hydrogen-bond acceptors (Lipinski definition) is 4. The predicted octanol–water partition coefficient (Wildman–Crippen LogP) is 5.00. The highest BCUT2D eigenvalue weighted by molar-refractivity contribution is 6.36. The Morgan fingerprint density at radius 2 is 1.84 bits per heavy atom. The Hall–Kier alpha value is -4.00. The standard InChI is InChI=1S/C24H24N4O3/c1-14-9-10-18-22(16(24(29)28-18)13-19-21(31-4)11-12-25-19)23(14)27-15(2)26-17-7-5-6-8-20(17)30-3/h5-13,25H,1-4H3,(H,26,27)(H,28,29)/b16-13-. The molecule has 0 saturated carbocycles. The summed E-state index contributed by atoms with van der Waals surface area (Å²) in [4.78, 5) is 20.7. The number of H-pyrrole nitrogens is 1. The topological polar surface area (TPSA) is 87.7 Å². The number of aromatic amines is 1. The van der Waals surface area contributed by atoms with Crippen molar-refractivity contribution in [2.24, 2.45) is 4.99 Å². The van der Waals surface area contributed by atoms with E-state index in [-0.39, 0.29) is 5.91 Å². The van der Waals surface area contributed by atoms with Crippen LogP contribution in [0.2, 0.25) is 0 Å². The minimum atomic E-state index is -0.177. The number of benzene rings is 2. The van der Waals surface area contributed by atoms with Crippen LogP contribution in [0.25, 0.3) is 11.6 Å². The highest BCUT2D eigenvalue weighted by Crippen LogP contribution is 2.42. The number of para-hydroxylation sites is 2. The zero-order valence-corrected chi connectivity index (χ0v) is 17.9. The summed E-state index contributed by atoms with van der Waals surface area (Å²) in [5.41, 5.74) is 5.26. The Labute approximate surface area is 180 Å². The van der Waals surface area contributed by atoms with Crippen LogP contribution in [0.4, 0.5) is 17.1 Å².